The second kappa shape index (κ2) is 23.0. The lowest BCUT2D eigenvalue weighted by Gasteiger charge is -2.35. The van der Waals surface area contributed by atoms with Crippen LogP contribution in [0.15, 0.2) is 71.9 Å². The molecule has 0 aromatic carbocycles. The number of hydrazone groups is 2. The Hall–Kier alpha value is -6.74. The lowest BCUT2D eigenvalue weighted by Crippen LogP contribution is -2.41. The van der Waals surface area contributed by atoms with Crippen LogP contribution in [0, 0.1) is 40.2 Å². The van der Waals surface area contributed by atoms with E-state index in [0.717, 1.165) is 57.6 Å². The molecule has 4 aliphatic heterocycles. The van der Waals surface area contributed by atoms with Crippen molar-refractivity contribution in [1.82, 2.24) is 45.2 Å². The van der Waals surface area contributed by atoms with Gasteiger partial charge in [0.05, 0.1) is 24.5 Å². The van der Waals surface area contributed by atoms with Crippen LogP contribution in [0.4, 0.5) is 14.6 Å². The molecule has 2 aliphatic carbocycles. The quantitative estimate of drug-likeness (QED) is 0.177. The van der Waals surface area contributed by atoms with E-state index < -0.39 is 17.6 Å². The first kappa shape index (κ1) is 52.1. The van der Waals surface area contributed by atoms with E-state index in [0.29, 0.717) is 72.8 Å². The van der Waals surface area contributed by atoms with E-state index in [9.17, 15) is 32.8 Å². The second-order valence-electron chi connectivity index (χ2n) is 18.9. The minimum absolute atomic E-state index is 0.00974. The van der Waals surface area contributed by atoms with Crippen molar-refractivity contribution in [3.05, 3.63) is 101 Å². The number of piperidine rings is 2. The summed E-state index contributed by atoms with van der Waals surface area (Å²) in [4.78, 5) is 84.1. The zero-order valence-electron chi connectivity index (χ0n) is 40.0. The summed E-state index contributed by atoms with van der Waals surface area (Å²) in [5.41, 5.74) is 12.1. The predicted octanol–water partition coefficient (Wildman–Crippen LogP) is 5.79. The molecule has 10 rings (SSSR count). The van der Waals surface area contributed by atoms with E-state index in [2.05, 4.69) is 66.2 Å². The van der Waals surface area contributed by atoms with Crippen molar-refractivity contribution in [2.24, 2.45) is 50.3 Å². The number of anilines is 1. The largest absolute Gasteiger partial charge is 0.364 e. The summed E-state index contributed by atoms with van der Waals surface area (Å²) in [6, 6.07) is 5.13. The first-order valence-corrected chi connectivity index (χ1v) is 24.2. The summed E-state index contributed by atoms with van der Waals surface area (Å²) in [5, 5.41) is 14.8. The van der Waals surface area contributed by atoms with Gasteiger partial charge in [-0.25, -0.2) is 38.7 Å². The van der Waals surface area contributed by atoms with Gasteiger partial charge >= 0.3 is 0 Å². The van der Waals surface area contributed by atoms with Gasteiger partial charge in [-0.15, -0.1) is 0 Å². The molecule has 1 unspecified atom stereocenters. The Morgan fingerprint density at radius 3 is 1.69 bits per heavy atom. The number of ketones is 1. The van der Waals surface area contributed by atoms with Gasteiger partial charge < -0.3 is 21.7 Å². The number of rotatable bonds is 8. The lowest BCUT2D eigenvalue weighted by molar-refractivity contribution is -0.138. The molecule has 71 heavy (non-hydrogen) atoms. The van der Waals surface area contributed by atoms with Crippen molar-refractivity contribution in [3.8, 4) is 0 Å². The summed E-state index contributed by atoms with van der Waals surface area (Å²) in [6.07, 6.45) is 19.8. The molecule has 2 saturated carbocycles. The van der Waals surface area contributed by atoms with E-state index in [1.54, 1.807) is 30.9 Å². The Labute approximate surface area is 415 Å². The van der Waals surface area contributed by atoms with Gasteiger partial charge in [0.2, 0.25) is 11.8 Å². The summed E-state index contributed by atoms with van der Waals surface area (Å²) < 4.78 is 26.8. The molecular weight excluding hydrogens is 938 g/mol. The average Bonchev–Trinajstić information content (AvgIpc) is 4.16. The van der Waals surface area contributed by atoms with Crippen LogP contribution in [0.3, 0.4) is 0 Å². The number of aromatic nitrogens is 6. The molecule has 4 aromatic heterocycles. The molecule has 5 N–H and O–H groups in total. The standard InChI is InChI=1S/C19H20FN7O2.C14H17FN4O.C11H18O.C5H4ClN3O/c20-14-7-13(9-22-10-14)16-1-4-25-27(16)19(29)12-2-5-26(6-3-12)17-8-15(18(21)28)23-11-24-17;15-12-7-11(8-17-9-12)13-3-6-18-19(13)14(20)10-1-4-16-5-2-10;1-4-11-6-5-8(7-9(11)12)10(11,2)3;6-4-1-3(5(7)10)8-2-9-4/h4,7-12,16H,1-3,5-6H2,(H2,21,28);6-10,13,16H,1-5H2;8H,4-7H2,1-3H3;1-2H,(H2,7,10)/t16-;13-;8?,11-;/m000./s1. The number of nitrogens with two attached hydrogens (primary N) is 2. The molecule has 8 heterocycles. The fourth-order valence-electron chi connectivity index (χ4n) is 10.5. The van der Waals surface area contributed by atoms with Crippen LogP contribution < -0.4 is 21.7 Å². The van der Waals surface area contributed by atoms with Gasteiger partial charge in [-0.2, -0.15) is 10.2 Å². The third-order valence-electron chi connectivity index (χ3n) is 14.7. The van der Waals surface area contributed by atoms with Gasteiger partial charge in [0.15, 0.2) is 0 Å². The maximum absolute atomic E-state index is 13.5. The summed E-state index contributed by atoms with van der Waals surface area (Å²) in [7, 11) is 0. The van der Waals surface area contributed by atoms with Gasteiger partial charge in [-0.3, -0.25) is 33.9 Å². The first-order valence-electron chi connectivity index (χ1n) is 23.8. The van der Waals surface area contributed by atoms with Crippen LogP contribution in [-0.4, -0.2) is 108 Å². The molecule has 19 nitrogen and oxygen atoms in total. The normalized spacial score (nSPS) is 23.3. The molecule has 0 spiro atoms. The number of amides is 4. The molecule has 2 bridgehead atoms. The number of carbonyl (C=O) groups is 5. The van der Waals surface area contributed by atoms with Crippen LogP contribution in [0.5, 0.6) is 0 Å². The van der Waals surface area contributed by atoms with E-state index in [1.165, 1.54) is 47.3 Å². The molecule has 2 saturated heterocycles. The number of pyridine rings is 2. The number of nitrogens with zero attached hydrogens (tertiary/aromatic N) is 11. The van der Waals surface area contributed by atoms with E-state index in [4.69, 9.17) is 23.1 Å². The van der Waals surface area contributed by atoms with E-state index >= 15 is 0 Å². The van der Waals surface area contributed by atoms with Gasteiger partial charge in [0, 0.05) is 86.6 Å². The number of carbonyl (C=O) groups excluding carboxylic acids is 5. The topological polar surface area (TPSA) is 261 Å². The Balaban J connectivity index is 0.000000152. The Bertz CT molecular complexity index is 2650. The number of hydrogen-bond donors (Lipinski definition) is 3. The Morgan fingerprint density at radius 1 is 0.732 bits per heavy atom. The van der Waals surface area contributed by atoms with Crippen molar-refractivity contribution in [2.75, 3.05) is 31.1 Å². The van der Waals surface area contributed by atoms with Crippen molar-refractivity contribution in [1.29, 1.82) is 0 Å². The van der Waals surface area contributed by atoms with Crippen LogP contribution >= 0.6 is 11.6 Å². The number of halogens is 3. The molecule has 4 aromatic rings. The highest BCUT2D eigenvalue weighted by Crippen LogP contribution is 2.65. The highest BCUT2D eigenvalue weighted by Gasteiger charge is 2.62. The highest BCUT2D eigenvalue weighted by molar-refractivity contribution is 6.29. The van der Waals surface area contributed by atoms with Crippen molar-refractivity contribution >= 4 is 59.3 Å². The summed E-state index contributed by atoms with van der Waals surface area (Å²) >= 11 is 5.43. The van der Waals surface area contributed by atoms with Crippen molar-refractivity contribution in [3.63, 3.8) is 0 Å². The van der Waals surface area contributed by atoms with Crippen LogP contribution in [-0.2, 0) is 14.4 Å². The third-order valence-corrected chi connectivity index (χ3v) is 14.9. The molecule has 4 atom stereocenters. The smallest absolute Gasteiger partial charge is 0.267 e. The second-order valence-corrected chi connectivity index (χ2v) is 19.2. The lowest BCUT2D eigenvalue weighted by atomic mass is 9.67. The summed E-state index contributed by atoms with van der Waals surface area (Å²) in [6.45, 7) is 9.69. The molecule has 376 valence electrons. The molecule has 6 aliphatic rings. The SMILES string of the molecule is CC[C@]12CCC(CC1=O)C2(C)C.NC(=O)c1cc(Cl)ncn1.NC(=O)c1cc(N2CCC(C(=O)N3N=CC[C@H]3c3cncc(F)c3)CC2)ncn1.O=C(C1CCNCC1)N1N=CC[C@H]1c1cncc(F)c1. The van der Waals surface area contributed by atoms with Gasteiger partial charge in [-0.05, 0) is 92.6 Å². The van der Waals surface area contributed by atoms with Crippen LogP contribution in [0.1, 0.15) is 129 Å². The maximum atomic E-state index is 13.5. The van der Waals surface area contributed by atoms with Crippen molar-refractivity contribution < 1.29 is 32.8 Å². The van der Waals surface area contributed by atoms with Crippen molar-refractivity contribution in [2.45, 2.75) is 97.1 Å². The molecule has 4 fully saturated rings. The number of fused-ring (bicyclic) bond motifs is 2. The zero-order chi connectivity index (χ0) is 50.9. The van der Waals surface area contributed by atoms with E-state index in [-0.39, 0.29) is 63.5 Å². The maximum Gasteiger partial charge on any atom is 0.267 e. The number of primary amides is 2. The number of Topliss-reactive ketones (excluding diaryl/α,β-unsaturated/α-hetero) is 1. The highest BCUT2D eigenvalue weighted by atomic mass is 35.5. The number of hydrogen-bond acceptors (Lipinski definition) is 15. The first-order chi connectivity index (χ1) is 34.0. The van der Waals surface area contributed by atoms with Gasteiger partial charge in [0.1, 0.15) is 52.4 Å². The fraction of sp³-hybridized carbons (Fsp3) is 0.490. The Morgan fingerprint density at radius 2 is 1.25 bits per heavy atom. The molecule has 0 radical (unpaired) electrons. The third kappa shape index (κ3) is 11.9. The zero-order valence-corrected chi connectivity index (χ0v) is 40.7. The predicted molar refractivity (Wildman–Crippen MR) is 259 cm³/mol. The number of nitrogens with one attached hydrogen (secondary N) is 1. The summed E-state index contributed by atoms with van der Waals surface area (Å²) in [5.74, 6) is -0.410. The average molecular weight is 998 g/mol. The minimum atomic E-state index is -0.608. The Kier molecular flexibility index (Phi) is 16.9. The van der Waals surface area contributed by atoms with Crippen LogP contribution in [0.2, 0.25) is 5.15 Å². The minimum Gasteiger partial charge on any atom is -0.364 e. The molecular formula is C49H59ClF2N14O5. The molecule has 22 heteroatoms. The monoisotopic (exact) mass is 996 g/mol. The van der Waals surface area contributed by atoms with Gasteiger partial charge in [-0.1, -0.05) is 32.4 Å². The van der Waals surface area contributed by atoms with Gasteiger partial charge in [0.25, 0.3) is 11.8 Å². The van der Waals surface area contributed by atoms with Crippen LogP contribution in [0.25, 0.3) is 0 Å². The molecule has 4 amide bonds. The fourth-order valence-corrected chi connectivity index (χ4v) is 10.7. The van der Waals surface area contributed by atoms with E-state index in [1.807, 2.05) is 4.90 Å².